The summed E-state index contributed by atoms with van der Waals surface area (Å²) in [6, 6.07) is 0. The van der Waals surface area contributed by atoms with Crippen LogP contribution in [0.1, 0.15) is 107 Å². The Hall–Kier alpha value is -1.42. The normalized spacial score (nSPS) is 51.8. The summed E-state index contributed by atoms with van der Waals surface area (Å²) < 4.78 is 59.3. The number of aliphatic hydroxyl groups is 19. The van der Waals surface area contributed by atoms with Crippen LogP contribution in [0, 0.1) is 45.3 Å². The minimum Gasteiger partial charge on any atom is -0.394 e. The molecule has 0 radical (unpaired) electrons. The summed E-state index contributed by atoms with van der Waals surface area (Å²) in [5, 5.41) is 205. The molecular formula is C60H102O29. The fourth-order valence-corrected chi connectivity index (χ4v) is 17.0. The van der Waals surface area contributed by atoms with Crippen LogP contribution >= 0.6 is 0 Å². The molecule has 29 nitrogen and oxygen atoms in total. The van der Waals surface area contributed by atoms with E-state index in [-0.39, 0.29) is 35.5 Å². The van der Waals surface area contributed by atoms with Crippen LogP contribution in [0.15, 0.2) is 11.6 Å². The van der Waals surface area contributed by atoms with Crippen molar-refractivity contribution in [3.63, 3.8) is 0 Å². The van der Waals surface area contributed by atoms with Crippen LogP contribution < -0.4 is 0 Å². The second-order valence-corrected chi connectivity index (χ2v) is 28.7. The van der Waals surface area contributed by atoms with Gasteiger partial charge in [-0.3, -0.25) is 0 Å². The van der Waals surface area contributed by atoms with Gasteiger partial charge in [-0.15, -0.1) is 0 Å². The molecule has 0 bridgehead atoms. The van der Waals surface area contributed by atoms with Gasteiger partial charge in [0.05, 0.1) is 56.9 Å². The molecule has 516 valence electrons. The van der Waals surface area contributed by atoms with Crippen LogP contribution in [0.25, 0.3) is 0 Å². The van der Waals surface area contributed by atoms with Crippen molar-refractivity contribution >= 4 is 0 Å². The SMILES string of the molecule is CC(CCC(O[C@@H]1O[C@H](CO[C@@H]2O[C@H](CO)[C@@H](O)[C@H](O)[C@H]2O)[C@@H](O)[C@H](O)[C@H]1O[C@@H]1O[C@H](CO)[C@@H](O)[C@H](O)[C@H]1O)C(C)(C)O)C1CC[C@@]2(C)C3CC=C4C(CCC(O[C@@H]5O[C@H](CO[C@@H]6O[C@H](CO)[C@@H](O)[C@H](O)[C@H]6O)[C@@H](O)[C@H](O)[C@H]5O)C4(C)C)C3(C)[C@H](O)CC12C. The topological polar surface area (TPSA) is 477 Å². The van der Waals surface area contributed by atoms with E-state index in [1.807, 2.05) is 13.8 Å². The fourth-order valence-electron chi connectivity index (χ4n) is 17.0. The second-order valence-electron chi connectivity index (χ2n) is 28.7. The summed E-state index contributed by atoms with van der Waals surface area (Å²) in [6.07, 6.45) is -37.4. The van der Waals surface area contributed by atoms with E-state index in [9.17, 15) is 97.0 Å². The summed E-state index contributed by atoms with van der Waals surface area (Å²) in [5.41, 5.74) is -2.49. The minimum absolute atomic E-state index is 0.0310. The number of fused-ring (bicyclic) bond motifs is 5. The minimum atomic E-state index is -1.96. The first kappa shape index (κ1) is 71.9. The van der Waals surface area contributed by atoms with Crippen molar-refractivity contribution in [3.8, 4) is 0 Å². The molecule has 3 saturated carbocycles. The molecule has 0 amide bonds. The first-order valence-electron chi connectivity index (χ1n) is 31.6. The maximum Gasteiger partial charge on any atom is 0.187 e. The lowest BCUT2D eigenvalue weighted by molar-refractivity contribution is -0.380. The van der Waals surface area contributed by atoms with Gasteiger partial charge in [0.1, 0.15) is 122 Å². The summed E-state index contributed by atoms with van der Waals surface area (Å²) in [7, 11) is 0. The standard InChI is InChI=1S/C60H102O29/c1-23(9-13-35(57(4,5)79)88-55-50(89-54-49(78)43(72)38(67)29(20-63)84-54)45(74)40(69)31(86-55)22-81-52-47(76)42(71)37(66)28(19-62)83-52)24-15-16-58(6)32-12-10-25-26(60(32,8)33(64)17-59(24,58)7)11-14-34(56(25,2)3)87-53-48(77)44(73)39(68)30(85-53)21-80-51-46(75)41(70)36(65)27(18-61)82-51/h10,23-24,26-55,61-79H,9,11-22H2,1-8H3/t23?,24?,26?,27-,28-,29-,30-,31-,32?,33-,34?,35?,36-,37-,38-,39-,40-,41+,42+,43+,44+,45+,46-,47-,48-,49-,50-,51-,52-,53+,54+,55+,58+,59?,60?/m1/s1. The molecule has 29 heteroatoms. The van der Waals surface area contributed by atoms with E-state index in [1.165, 1.54) is 13.8 Å². The van der Waals surface area contributed by atoms with E-state index in [4.69, 9.17) is 47.4 Å². The van der Waals surface area contributed by atoms with Crippen molar-refractivity contribution in [3.05, 3.63) is 11.6 Å². The molecule has 8 unspecified atom stereocenters. The van der Waals surface area contributed by atoms with Gasteiger partial charge in [0, 0.05) is 10.8 Å². The molecule has 9 rings (SSSR count). The van der Waals surface area contributed by atoms with Gasteiger partial charge in [-0.05, 0) is 99.7 Å². The number of rotatable bonds is 20. The molecule has 0 spiro atoms. The van der Waals surface area contributed by atoms with E-state index >= 15 is 0 Å². The van der Waals surface area contributed by atoms with Crippen LogP contribution in [-0.2, 0) is 47.4 Å². The lowest BCUT2D eigenvalue weighted by atomic mass is 9.38. The van der Waals surface area contributed by atoms with Crippen LogP contribution in [0.5, 0.6) is 0 Å². The zero-order valence-corrected chi connectivity index (χ0v) is 51.8. The Bertz CT molecular complexity index is 2340. The summed E-state index contributed by atoms with van der Waals surface area (Å²) in [5.74, 6) is -0.0172. The number of allylic oxidation sites excluding steroid dienone is 1. The Kier molecular flexibility index (Phi) is 22.3. The molecular weight excluding hydrogens is 1180 g/mol. The van der Waals surface area contributed by atoms with Crippen molar-refractivity contribution in [2.45, 2.75) is 284 Å². The highest BCUT2D eigenvalue weighted by atomic mass is 16.8. The van der Waals surface area contributed by atoms with Gasteiger partial charge in [-0.2, -0.15) is 0 Å². The Morgan fingerprint density at radius 1 is 0.517 bits per heavy atom. The first-order chi connectivity index (χ1) is 41.6. The van der Waals surface area contributed by atoms with Crippen LogP contribution in [0.4, 0.5) is 0 Å². The highest BCUT2D eigenvalue weighted by Crippen LogP contribution is 2.75. The summed E-state index contributed by atoms with van der Waals surface area (Å²) >= 11 is 0. The predicted octanol–water partition coefficient (Wildman–Crippen LogP) is -5.41. The van der Waals surface area contributed by atoms with Crippen molar-refractivity contribution in [1.82, 2.24) is 0 Å². The van der Waals surface area contributed by atoms with Gasteiger partial charge in [0.2, 0.25) is 0 Å². The molecule has 5 heterocycles. The lowest BCUT2D eigenvalue weighted by Crippen LogP contribution is -2.65. The van der Waals surface area contributed by atoms with E-state index in [0.717, 1.165) is 18.4 Å². The van der Waals surface area contributed by atoms with Gasteiger partial charge in [-0.25, -0.2) is 0 Å². The van der Waals surface area contributed by atoms with Gasteiger partial charge in [0.25, 0.3) is 0 Å². The van der Waals surface area contributed by atoms with Crippen LogP contribution in [0.3, 0.4) is 0 Å². The smallest absolute Gasteiger partial charge is 0.187 e. The third-order valence-electron chi connectivity index (χ3n) is 22.9. The Labute approximate surface area is 517 Å². The molecule has 35 atom stereocenters. The molecule has 89 heavy (non-hydrogen) atoms. The average Bonchev–Trinajstić information content (AvgIpc) is 1.66. The number of hydrogen-bond donors (Lipinski definition) is 19. The molecule has 5 aliphatic heterocycles. The molecule has 19 N–H and O–H groups in total. The Balaban J connectivity index is 0.883. The summed E-state index contributed by atoms with van der Waals surface area (Å²) in [6.45, 7) is 12.6. The van der Waals surface area contributed by atoms with Crippen molar-refractivity contribution in [1.29, 1.82) is 0 Å². The Morgan fingerprint density at radius 3 is 1.45 bits per heavy atom. The molecule has 0 aromatic rings. The van der Waals surface area contributed by atoms with Crippen molar-refractivity contribution in [2.75, 3.05) is 33.0 Å². The number of ether oxygens (including phenoxy) is 10. The Morgan fingerprint density at radius 2 is 0.955 bits per heavy atom. The third kappa shape index (κ3) is 13.1. The molecule has 0 aromatic carbocycles. The highest BCUT2D eigenvalue weighted by Gasteiger charge is 2.70. The van der Waals surface area contributed by atoms with E-state index in [1.54, 1.807) is 0 Å². The van der Waals surface area contributed by atoms with Crippen molar-refractivity contribution < 1.29 is 144 Å². The third-order valence-corrected chi connectivity index (χ3v) is 22.9. The number of hydrogen-bond acceptors (Lipinski definition) is 29. The van der Waals surface area contributed by atoms with Gasteiger partial charge in [0.15, 0.2) is 31.5 Å². The second kappa shape index (κ2) is 27.6. The lowest BCUT2D eigenvalue weighted by Gasteiger charge is -2.67. The maximum atomic E-state index is 12.8. The molecule has 5 saturated heterocycles. The number of aliphatic hydroxyl groups excluding tert-OH is 18. The molecule has 4 aliphatic carbocycles. The zero-order valence-electron chi connectivity index (χ0n) is 51.8. The monoisotopic (exact) mass is 1290 g/mol. The van der Waals surface area contributed by atoms with Crippen molar-refractivity contribution in [2.24, 2.45) is 45.3 Å². The van der Waals surface area contributed by atoms with E-state index in [0.29, 0.717) is 32.1 Å². The van der Waals surface area contributed by atoms with E-state index in [2.05, 4.69) is 33.8 Å². The van der Waals surface area contributed by atoms with Gasteiger partial charge in [-0.1, -0.05) is 53.2 Å². The molecule has 9 aliphatic rings. The van der Waals surface area contributed by atoms with E-state index < -0.39 is 227 Å². The largest absolute Gasteiger partial charge is 0.394 e. The highest BCUT2D eigenvalue weighted by molar-refractivity contribution is 5.32. The van der Waals surface area contributed by atoms with Crippen LogP contribution in [0.2, 0.25) is 0 Å². The molecule has 0 aromatic heterocycles. The first-order valence-corrected chi connectivity index (χ1v) is 31.6. The predicted molar refractivity (Wildman–Crippen MR) is 300 cm³/mol. The fraction of sp³-hybridized carbons (Fsp3) is 0.967. The van der Waals surface area contributed by atoms with Crippen LogP contribution in [-0.4, -0.2) is 308 Å². The summed E-state index contributed by atoms with van der Waals surface area (Å²) in [4.78, 5) is 0. The average molecular weight is 1290 g/mol. The maximum absolute atomic E-state index is 12.8. The quantitative estimate of drug-likeness (QED) is 0.0506. The van der Waals surface area contributed by atoms with Gasteiger partial charge < -0.3 is 144 Å². The molecule has 8 fully saturated rings. The zero-order chi connectivity index (χ0) is 65.5. The van der Waals surface area contributed by atoms with Gasteiger partial charge >= 0.3 is 0 Å².